The molecule has 4 saturated carbocycles. The Morgan fingerprint density at radius 1 is 1.06 bits per heavy atom. The van der Waals surface area contributed by atoms with E-state index in [0.29, 0.717) is 12.8 Å². The van der Waals surface area contributed by atoms with E-state index in [0.717, 1.165) is 19.3 Å². The van der Waals surface area contributed by atoms with Gasteiger partial charge in [-0.25, -0.2) is 0 Å². The smallest absolute Gasteiger partial charge is 0.318 e. The van der Waals surface area contributed by atoms with Crippen molar-refractivity contribution in [1.29, 1.82) is 0 Å². The number of hydrogen-bond donors (Lipinski definition) is 0. The number of hydrogen-bond acceptors (Lipinski definition) is 6. The van der Waals surface area contributed by atoms with Crippen molar-refractivity contribution in [3.8, 4) is 0 Å². The summed E-state index contributed by atoms with van der Waals surface area (Å²) in [5, 5.41) is 0. The molecule has 31 heavy (non-hydrogen) atoms. The second kappa shape index (κ2) is 4.90. The molecule has 2 aliphatic heterocycles. The van der Waals surface area contributed by atoms with E-state index in [1.807, 2.05) is 0 Å². The third kappa shape index (κ3) is 1.53. The number of epoxide rings is 1. The van der Waals surface area contributed by atoms with Crippen LogP contribution in [0.3, 0.4) is 0 Å². The van der Waals surface area contributed by atoms with Crippen molar-refractivity contribution < 1.29 is 28.7 Å². The third-order valence-corrected chi connectivity index (χ3v) is 11.4. The minimum atomic E-state index is -0.723. The molecule has 0 aromatic rings. The van der Waals surface area contributed by atoms with Gasteiger partial charge in [0, 0.05) is 35.0 Å². The van der Waals surface area contributed by atoms with Gasteiger partial charge in [0.2, 0.25) is 0 Å². The van der Waals surface area contributed by atoms with Gasteiger partial charge in [0.05, 0.1) is 17.9 Å². The van der Waals surface area contributed by atoms with Crippen molar-refractivity contribution in [2.75, 3.05) is 0 Å². The lowest BCUT2D eigenvalue weighted by molar-refractivity contribution is -0.225. The highest BCUT2D eigenvalue weighted by Crippen LogP contribution is 2.88. The fraction of sp³-hybridized carbons (Fsp3) is 0.760. The summed E-state index contributed by atoms with van der Waals surface area (Å²) in [6.45, 7) is 6.08. The number of ketones is 2. The monoisotopic (exact) mass is 424 g/mol. The molecule has 10 atom stereocenters. The van der Waals surface area contributed by atoms with Crippen LogP contribution >= 0.6 is 0 Å². The molecule has 2 heterocycles. The van der Waals surface area contributed by atoms with Crippen LogP contribution in [0.2, 0.25) is 0 Å². The number of carbonyl (C=O) groups excluding carboxylic acids is 4. The quantitative estimate of drug-likeness (QED) is 0.278. The molecule has 8 aliphatic rings. The van der Waals surface area contributed by atoms with Crippen LogP contribution in [0.25, 0.3) is 0 Å². The van der Waals surface area contributed by atoms with Crippen LogP contribution in [0.1, 0.15) is 59.3 Å². The minimum absolute atomic E-state index is 0.0524. The van der Waals surface area contributed by atoms with Crippen molar-refractivity contribution in [3.05, 3.63) is 12.2 Å². The van der Waals surface area contributed by atoms with Crippen LogP contribution in [0.4, 0.5) is 0 Å². The zero-order chi connectivity index (χ0) is 21.8. The topological polar surface area (TPSA) is 90.0 Å². The van der Waals surface area contributed by atoms with Crippen LogP contribution in [0.5, 0.6) is 0 Å². The van der Waals surface area contributed by atoms with E-state index in [2.05, 4.69) is 26.0 Å². The van der Waals surface area contributed by atoms with E-state index in [4.69, 9.17) is 9.47 Å². The van der Waals surface area contributed by atoms with Crippen molar-refractivity contribution in [2.45, 2.75) is 71.0 Å². The highest BCUT2D eigenvalue weighted by molar-refractivity contribution is 6.00. The number of Topliss-reactive ketones (excluding diaryl/α,β-unsaturated/α-hetero) is 2. The van der Waals surface area contributed by atoms with Gasteiger partial charge < -0.3 is 9.47 Å². The summed E-state index contributed by atoms with van der Waals surface area (Å²) in [6.07, 6.45) is 8.11. The fourth-order valence-electron chi connectivity index (χ4n) is 10.5. The molecule has 0 aromatic carbocycles. The van der Waals surface area contributed by atoms with Gasteiger partial charge >= 0.3 is 11.9 Å². The summed E-state index contributed by atoms with van der Waals surface area (Å²) in [5.74, 6) is -1.81. The highest BCUT2D eigenvalue weighted by atomic mass is 16.6. The molecule has 6 nitrogen and oxygen atoms in total. The number of ether oxygens (including phenoxy) is 2. The molecule has 2 saturated heterocycles. The van der Waals surface area contributed by atoms with E-state index >= 15 is 0 Å². The van der Waals surface area contributed by atoms with Crippen molar-refractivity contribution in [1.82, 2.24) is 0 Å². The van der Waals surface area contributed by atoms with Gasteiger partial charge in [0.1, 0.15) is 17.2 Å². The molecule has 0 N–H and O–H groups in total. The normalized spacial score (nSPS) is 60.0. The number of esters is 2. The van der Waals surface area contributed by atoms with Crippen LogP contribution < -0.4 is 0 Å². The molecule has 164 valence electrons. The van der Waals surface area contributed by atoms with Crippen LogP contribution in [-0.4, -0.2) is 35.2 Å². The average molecular weight is 424 g/mol. The van der Waals surface area contributed by atoms with Gasteiger partial charge in [-0.3, -0.25) is 19.2 Å². The first-order chi connectivity index (χ1) is 14.6. The molecule has 3 spiro atoms. The van der Waals surface area contributed by atoms with E-state index in [1.165, 1.54) is 0 Å². The summed E-state index contributed by atoms with van der Waals surface area (Å²) in [7, 11) is 0. The SMILES string of the molecule is CC(=O)[C@H]1CC[C@@H]2[C@]1(C)C[C@H]1O[C@@]13[C@@]21C=C[C@]2(CC(=O)CC[C@]32C)[C@H]2C(=O)OC(=O)[C@@H]21. The Morgan fingerprint density at radius 2 is 1.81 bits per heavy atom. The number of cyclic esters (lactones) is 2. The molecule has 8 rings (SSSR count). The van der Waals surface area contributed by atoms with Gasteiger partial charge in [0.25, 0.3) is 0 Å². The lowest BCUT2D eigenvalue weighted by atomic mass is 9.27. The summed E-state index contributed by atoms with van der Waals surface area (Å²) in [5.41, 5.74) is -2.61. The lowest BCUT2D eigenvalue weighted by Gasteiger charge is -2.72. The van der Waals surface area contributed by atoms with Gasteiger partial charge in [-0.05, 0) is 43.9 Å². The van der Waals surface area contributed by atoms with Gasteiger partial charge in [-0.15, -0.1) is 0 Å². The second-order valence-corrected chi connectivity index (χ2v) is 11.9. The Labute approximate surface area is 181 Å². The Hall–Kier alpha value is -1.82. The number of allylic oxidation sites excluding steroid dienone is 1. The molecule has 6 heteroatoms. The zero-order valence-corrected chi connectivity index (χ0v) is 18.2. The predicted molar refractivity (Wildman–Crippen MR) is 106 cm³/mol. The Balaban J connectivity index is 1.54. The lowest BCUT2D eigenvalue weighted by Crippen LogP contribution is -2.77. The number of fused-ring (bicyclic) bond motifs is 1. The Kier molecular flexibility index (Phi) is 2.96. The maximum absolute atomic E-state index is 13.3. The van der Waals surface area contributed by atoms with Crippen LogP contribution in [-0.2, 0) is 28.7 Å². The molecule has 0 aromatic heterocycles. The molecular weight excluding hydrogens is 396 g/mol. The maximum Gasteiger partial charge on any atom is 0.318 e. The molecule has 2 bridgehead atoms. The molecule has 0 amide bonds. The van der Waals surface area contributed by atoms with Gasteiger partial charge in [-0.1, -0.05) is 26.0 Å². The van der Waals surface area contributed by atoms with Crippen molar-refractivity contribution >= 4 is 23.5 Å². The first kappa shape index (κ1) is 18.7. The summed E-state index contributed by atoms with van der Waals surface area (Å²) in [4.78, 5) is 51.8. The van der Waals surface area contributed by atoms with E-state index in [-0.39, 0.29) is 41.3 Å². The third-order valence-electron chi connectivity index (χ3n) is 11.4. The van der Waals surface area contributed by atoms with E-state index in [1.54, 1.807) is 6.92 Å². The van der Waals surface area contributed by atoms with E-state index in [9.17, 15) is 19.2 Å². The highest BCUT2D eigenvalue weighted by Gasteiger charge is 2.94. The van der Waals surface area contributed by atoms with E-state index < -0.39 is 45.6 Å². The van der Waals surface area contributed by atoms with Gasteiger partial charge in [0.15, 0.2) is 0 Å². The maximum atomic E-state index is 13.3. The Morgan fingerprint density at radius 3 is 2.55 bits per heavy atom. The van der Waals surface area contributed by atoms with Gasteiger partial charge in [-0.2, -0.15) is 0 Å². The summed E-state index contributed by atoms with van der Waals surface area (Å²) in [6, 6.07) is 0. The van der Waals surface area contributed by atoms with Crippen LogP contribution in [0, 0.1) is 45.3 Å². The van der Waals surface area contributed by atoms with Crippen LogP contribution in [0.15, 0.2) is 12.2 Å². The molecule has 0 unspecified atom stereocenters. The number of rotatable bonds is 1. The predicted octanol–water partition coefficient (Wildman–Crippen LogP) is 2.78. The molecule has 0 radical (unpaired) electrons. The molecule has 6 fully saturated rings. The first-order valence-corrected chi connectivity index (χ1v) is 11.7. The number of carbonyl (C=O) groups is 4. The summed E-state index contributed by atoms with van der Waals surface area (Å²) >= 11 is 0. The largest absolute Gasteiger partial charge is 0.393 e. The Bertz CT molecular complexity index is 1040. The standard InChI is InChI=1S/C25H28O6/c1-12(26)14-4-5-15-21(14,2)11-16-25(31-16)22(3)7-6-13(27)10-23(22)8-9-24(15,25)18-17(23)19(28)30-20(18)29/h8-9,14-18H,4-7,10-11H2,1-3H3/t14-,15-,16-,17-,18-,21-,22+,23+,24+,25+/m1/s1. The van der Waals surface area contributed by atoms with Crippen molar-refractivity contribution in [3.63, 3.8) is 0 Å². The zero-order valence-electron chi connectivity index (χ0n) is 18.2. The molecule has 6 aliphatic carbocycles. The fourth-order valence-corrected chi connectivity index (χ4v) is 10.5. The first-order valence-electron chi connectivity index (χ1n) is 11.7. The summed E-state index contributed by atoms with van der Waals surface area (Å²) < 4.78 is 12.0. The minimum Gasteiger partial charge on any atom is -0.393 e. The average Bonchev–Trinajstić information content (AvgIpc) is 3.18. The second-order valence-electron chi connectivity index (χ2n) is 11.9. The van der Waals surface area contributed by atoms with Crippen molar-refractivity contribution in [2.24, 2.45) is 45.3 Å². The molecular formula is C25H28O6.